The molecule has 12 heavy (non-hydrogen) atoms. The molecule has 0 heterocycles. The molecule has 1 atom stereocenters. The Labute approximate surface area is 75.9 Å². The van der Waals surface area contributed by atoms with Gasteiger partial charge in [0.2, 0.25) is 0 Å². The largest absolute Gasteiger partial charge is 0.502 e. The lowest BCUT2D eigenvalue weighted by molar-refractivity contribution is 0.257. The van der Waals surface area contributed by atoms with Gasteiger partial charge in [0.15, 0.2) is 0 Å². The Hall–Kier alpha value is -0.655. The van der Waals surface area contributed by atoms with Crippen LogP contribution < -0.4 is 0 Å². The fourth-order valence-corrected chi connectivity index (χ4v) is 1.50. The van der Waals surface area contributed by atoms with Gasteiger partial charge in [-0.3, -0.25) is 0 Å². The van der Waals surface area contributed by atoms with Crippen LogP contribution in [0, 0.1) is 5.92 Å². The van der Waals surface area contributed by atoms with E-state index in [1.807, 2.05) is 0 Å². The van der Waals surface area contributed by atoms with Crippen LogP contribution in [0.2, 0.25) is 0 Å². The highest BCUT2D eigenvalue weighted by Gasteiger charge is 2.13. The lowest BCUT2D eigenvalue weighted by atomic mass is 9.79. The maximum atomic E-state index is 5.67. The molecule has 0 aromatic heterocycles. The molecule has 2 heteroatoms. The smallest absolute Gasteiger partial charge is 0.107 e. The molecule has 0 saturated carbocycles. The van der Waals surface area contributed by atoms with Gasteiger partial charge in [0, 0.05) is 6.42 Å². The van der Waals surface area contributed by atoms with E-state index in [1.165, 1.54) is 6.42 Å². The summed E-state index contributed by atoms with van der Waals surface area (Å²) in [5.41, 5.74) is 1.04. The van der Waals surface area contributed by atoms with Crippen LogP contribution in [0.25, 0.3) is 0 Å². The SMILES string of the molecule is [B]C1=CCC(CC(=C)OC)CC1. The monoisotopic (exact) mass is 162 g/mol. The average molecular weight is 162 g/mol. The Morgan fingerprint density at radius 3 is 3.08 bits per heavy atom. The van der Waals surface area contributed by atoms with E-state index >= 15 is 0 Å². The first-order valence-electron chi connectivity index (χ1n) is 4.38. The van der Waals surface area contributed by atoms with Crippen molar-refractivity contribution in [1.29, 1.82) is 0 Å². The van der Waals surface area contributed by atoms with Crippen LogP contribution >= 0.6 is 0 Å². The molecule has 0 spiro atoms. The van der Waals surface area contributed by atoms with Gasteiger partial charge in [-0.1, -0.05) is 12.7 Å². The van der Waals surface area contributed by atoms with Gasteiger partial charge in [0.05, 0.1) is 12.9 Å². The molecule has 0 aromatic carbocycles. The minimum Gasteiger partial charge on any atom is -0.502 e. The van der Waals surface area contributed by atoms with Crippen LogP contribution in [0.3, 0.4) is 0 Å². The van der Waals surface area contributed by atoms with Crippen molar-refractivity contribution in [2.24, 2.45) is 5.92 Å². The second-order valence-electron chi connectivity index (χ2n) is 3.37. The predicted octanol–water partition coefficient (Wildman–Crippen LogP) is 2.39. The van der Waals surface area contributed by atoms with Crippen molar-refractivity contribution in [1.82, 2.24) is 0 Å². The van der Waals surface area contributed by atoms with Crippen molar-refractivity contribution in [3.8, 4) is 0 Å². The highest BCUT2D eigenvalue weighted by Crippen LogP contribution is 2.26. The Morgan fingerprint density at radius 1 is 1.83 bits per heavy atom. The van der Waals surface area contributed by atoms with Crippen molar-refractivity contribution in [2.45, 2.75) is 25.7 Å². The van der Waals surface area contributed by atoms with Crippen molar-refractivity contribution in [2.75, 3.05) is 7.11 Å². The summed E-state index contributed by atoms with van der Waals surface area (Å²) in [4.78, 5) is 0. The third-order valence-electron chi connectivity index (χ3n) is 2.36. The standard InChI is InChI=1S/C10H15BO/c1-8(12-2)7-9-3-5-10(11)6-4-9/h5,9H,1,3-4,6-7H2,2H3. The van der Waals surface area contributed by atoms with E-state index in [0.29, 0.717) is 5.92 Å². The van der Waals surface area contributed by atoms with Gasteiger partial charge in [0.25, 0.3) is 0 Å². The van der Waals surface area contributed by atoms with Gasteiger partial charge < -0.3 is 4.74 Å². The molecule has 0 amide bonds. The molecule has 1 aliphatic carbocycles. The summed E-state index contributed by atoms with van der Waals surface area (Å²) in [6.45, 7) is 3.81. The molecular formula is C10H15BO. The van der Waals surface area contributed by atoms with Crippen LogP contribution in [-0.4, -0.2) is 15.0 Å². The molecule has 0 aliphatic heterocycles. The van der Waals surface area contributed by atoms with Crippen LogP contribution in [0.4, 0.5) is 0 Å². The third-order valence-corrected chi connectivity index (χ3v) is 2.36. The zero-order valence-electron chi connectivity index (χ0n) is 7.68. The van der Waals surface area contributed by atoms with E-state index in [0.717, 1.165) is 30.5 Å². The van der Waals surface area contributed by atoms with Crippen molar-refractivity contribution >= 4 is 7.85 Å². The zero-order valence-corrected chi connectivity index (χ0v) is 7.68. The molecule has 1 rings (SSSR count). The van der Waals surface area contributed by atoms with E-state index in [-0.39, 0.29) is 0 Å². The molecule has 0 aromatic rings. The Bertz CT molecular complexity index is 196. The van der Waals surface area contributed by atoms with E-state index in [9.17, 15) is 0 Å². The maximum Gasteiger partial charge on any atom is 0.107 e. The number of ether oxygens (including phenoxy) is 1. The maximum absolute atomic E-state index is 5.67. The van der Waals surface area contributed by atoms with Gasteiger partial charge >= 0.3 is 0 Å². The predicted molar refractivity (Wildman–Crippen MR) is 51.9 cm³/mol. The van der Waals surface area contributed by atoms with E-state index in [1.54, 1.807) is 7.11 Å². The third kappa shape index (κ3) is 2.76. The van der Waals surface area contributed by atoms with E-state index in [2.05, 4.69) is 12.7 Å². The van der Waals surface area contributed by atoms with Crippen LogP contribution in [-0.2, 0) is 4.74 Å². The summed E-state index contributed by atoms with van der Waals surface area (Å²) in [6.07, 6.45) is 6.37. The highest BCUT2D eigenvalue weighted by molar-refractivity contribution is 6.21. The summed E-state index contributed by atoms with van der Waals surface area (Å²) in [5, 5.41) is 0. The van der Waals surface area contributed by atoms with Gasteiger partial charge in [-0.15, -0.1) is 5.47 Å². The molecule has 0 saturated heterocycles. The van der Waals surface area contributed by atoms with Gasteiger partial charge in [-0.25, -0.2) is 0 Å². The molecule has 1 aliphatic rings. The van der Waals surface area contributed by atoms with E-state index in [4.69, 9.17) is 12.6 Å². The topological polar surface area (TPSA) is 9.23 Å². The summed E-state index contributed by atoms with van der Waals surface area (Å²) in [7, 11) is 7.34. The fourth-order valence-electron chi connectivity index (χ4n) is 1.50. The molecule has 2 radical (unpaired) electrons. The normalized spacial score (nSPS) is 23.1. The first-order valence-corrected chi connectivity index (χ1v) is 4.38. The Balaban J connectivity index is 2.32. The van der Waals surface area contributed by atoms with Crippen LogP contribution in [0.1, 0.15) is 25.7 Å². The lowest BCUT2D eigenvalue weighted by Gasteiger charge is -2.20. The minimum absolute atomic E-state index is 0.685. The number of allylic oxidation sites excluding steroid dienone is 3. The van der Waals surface area contributed by atoms with Gasteiger partial charge in [-0.05, 0) is 25.2 Å². The number of methoxy groups -OCH3 is 1. The molecule has 1 unspecified atom stereocenters. The second kappa shape index (κ2) is 4.39. The number of rotatable bonds is 3. The van der Waals surface area contributed by atoms with Gasteiger partial charge in [0.1, 0.15) is 7.85 Å². The summed E-state index contributed by atoms with van der Waals surface area (Å²) in [6, 6.07) is 0. The lowest BCUT2D eigenvalue weighted by Crippen LogP contribution is -2.07. The van der Waals surface area contributed by atoms with Crippen molar-refractivity contribution in [3.63, 3.8) is 0 Å². The fraction of sp³-hybridized carbons (Fsp3) is 0.600. The first-order chi connectivity index (χ1) is 5.72. The number of hydrogen-bond acceptors (Lipinski definition) is 1. The molecule has 0 fully saturated rings. The van der Waals surface area contributed by atoms with Crippen molar-refractivity contribution in [3.05, 3.63) is 23.9 Å². The quantitative estimate of drug-likeness (QED) is 0.457. The zero-order chi connectivity index (χ0) is 8.97. The summed E-state index contributed by atoms with van der Waals surface area (Å²) in [5.74, 6) is 1.57. The molecule has 0 bridgehead atoms. The average Bonchev–Trinajstić information content (AvgIpc) is 2.09. The van der Waals surface area contributed by atoms with Crippen LogP contribution in [0.15, 0.2) is 23.9 Å². The molecule has 64 valence electrons. The molecule has 0 N–H and O–H groups in total. The molecule has 1 nitrogen and oxygen atoms in total. The number of hydrogen-bond donors (Lipinski definition) is 0. The minimum atomic E-state index is 0.685. The summed E-state index contributed by atoms with van der Waals surface area (Å²) >= 11 is 0. The second-order valence-corrected chi connectivity index (χ2v) is 3.37. The Morgan fingerprint density at radius 2 is 2.58 bits per heavy atom. The van der Waals surface area contributed by atoms with Crippen LogP contribution in [0.5, 0.6) is 0 Å². The Kier molecular flexibility index (Phi) is 3.45. The molecular weight excluding hydrogens is 147 g/mol. The van der Waals surface area contributed by atoms with E-state index < -0.39 is 0 Å². The highest BCUT2D eigenvalue weighted by atomic mass is 16.5. The van der Waals surface area contributed by atoms with Gasteiger partial charge in [-0.2, -0.15) is 0 Å². The summed E-state index contributed by atoms with van der Waals surface area (Å²) < 4.78 is 5.03. The first kappa shape index (κ1) is 9.43. The van der Waals surface area contributed by atoms with Crippen molar-refractivity contribution < 1.29 is 4.74 Å².